The molecule has 0 saturated carbocycles. The summed E-state index contributed by atoms with van der Waals surface area (Å²) in [6.45, 7) is 6.06. The number of carbonyl (C=O) groups excluding carboxylic acids is 2. The Hall–Kier alpha value is -4.05. The van der Waals surface area contributed by atoms with E-state index in [2.05, 4.69) is 10.3 Å². The van der Waals surface area contributed by atoms with E-state index in [9.17, 15) is 18.4 Å². The first-order valence-electron chi connectivity index (χ1n) is 12.8. The third-order valence-corrected chi connectivity index (χ3v) is 7.82. The molecule has 0 bridgehead atoms. The maximum absolute atomic E-state index is 14.4. The minimum atomic E-state index is -0.468. The molecular weight excluding hydrogens is 532 g/mol. The number of rotatable bonds is 6. The fourth-order valence-electron chi connectivity index (χ4n) is 4.67. The van der Waals surface area contributed by atoms with Crippen LogP contribution < -0.4 is 10.2 Å². The lowest BCUT2D eigenvalue weighted by atomic mass is 9.87. The van der Waals surface area contributed by atoms with E-state index in [1.54, 1.807) is 47.4 Å². The van der Waals surface area contributed by atoms with Crippen LogP contribution in [0.1, 0.15) is 48.4 Å². The lowest BCUT2D eigenvalue weighted by molar-refractivity contribution is -0.123. The van der Waals surface area contributed by atoms with E-state index >= 15 is 0 Å². The van der Waals surface area contributed by atoms with Gasteiger partial charge in [-0.3, -0.25) is 19.5 Å². The van der Waals surface area contributed by atoms with Gasteiger partial charge in [0.1, 0.15) is 24.0 Å². The van der Waals surface area contributed by atoms with Gasteiger partial charge in [-0.05, 0) is 59.7 Å². The molecule has 1 aliphatic heterocycles. The zero-order valence-corrected chi connectivity index (χ0v) is 23.2. The number of halogens is 2. The Morgan fingerprint density at radius 2 is 1.77 bits per heavy atom. The molecule has 206 valence electrons. The van der Waals surface area contributed by atoms with Crippen LogP contribution in [0.5, 0.6) is 0 Å². The van der Waals surface area contributed by atoms with Crippen molar-refractivity contribution in [2.75, 3.05) is 17.2 Å². The van der Waals surface area contributed by atoms with E-state index in [4.69, 9.17) is 5.10 Å². The van der Waals surface area contributed by atoms with Crippen LogP contribution in [0.2, 0.25) is 0 Å². The van der Waals surface area contributed by atoms with Gasteiger partial charge >= 0.3 is 0 Å². The summed E-state index contributed by atoms with van der Waals surface area (Å²) in [5.41, 5.74) is 3.05. The zero-order valence-electron chi connectivity index (χ0n) is 22.4. The predicted octanol–water partition coefficient (Wildman–Crippen LogP) is 5.33. The quantitative estimate of drug-likeness (QED) is 0.344. The van der Waals surface area contributed by atoms with Gasteiger partial charge < -0.3 is 5.32 Å². The number of nitrogens with one attached hydrogen (secondary N) is 1. The van der Waals surface area contributed by atoms with Crippen LogP contribution in [-0.4, -0.2) is 38.9 Å². The average molecular weight is 562 g/mol. The number of fused-ring (bicyclic) bond motifs is 1. The number of thioether (sulfide) groups is 1. The first-order valence-corrected chi connectivity index (χ1v) is 13.9. The minimum absolute atomic E-state index is 0.0699. The van der Waals surface area contributed by atoms with Gasteiger partial charge in [0.2, 0.25) is 11.8 Å². The molecule has 2 aromatic heterocycles. The van der Waals surface area contributed by atoms with E-state index in [1.807, 2.05) is 26.8 Å². The van der Waals surface area contributed by atoms with Crippen LogP contribution in [-0.2, 0) is 21.5 Å². The van der Waals surface area contributed by atoms with Crippen molar-refractivity contribution in [1.29, 1.82) is 0 Å². The molecule has 0 saturated heterocycles. The van der Waals surface area contributed by atoms with E-state index in [-0.39, 0.29) is 36.5 Å². The highest BCUT2D eigenvalue weighted by molar-refractivity contribution is 8.00. The first kappa shape index (κ1) is 27.5. The average Bonchev–Trinajstić information content (AvgIpc) is 3.26. The van der Waals surface area contributed by atoms with Crippen molar-refractivity contribution in [2.24, 2.45) is 0 Å². The third kappa shape index (κ3) is 5.77. The Morgan fingerprint density at radius 1 is 1.05 bits per heavy atom. The molecule has 5 rings (SSSR count). The summed E-state index contributed by atoms with van der Waals surface area (Å²) in [6.07, 6.45) is 3.29. The summed E-state index contributed by atoms with van der Waals surface area (Å²) >= 11 is 1.37. The summed E-state index contributed by atoms with van der Waals surface area (Å²) < 4.78 is 29.9. The number of benzene rings is 2. The third-order valence-electron chi connectivity index (χ3n) is 6.56. The maximum atomic E-state index is 14.4. The molecule has 3 heterocycles. The number of nitrogens with zero attached hydrogens (tertiary/aromatic N) is 4. The van der Waals surface area contributed by atoms with Gasteiger partial charge in [-0.25, -0.2) is 13.5 Å². The maximum Gasteiger partial charge on any atom is 0.240 e. The van der Waals surface area contributed by atoms with E-state index < -0.39 is 16.5 Å². The van der Waals surface area contributed by atoms with E-state index in [0.717, 1.165) is 11.1 Å². The van der Waals surface area contributed by atoms with Gasteiger partial charge in [0.05, 0.1) is 22.4 Å². The number of pyridine rings is 1. The van der Waals surface area contributed by atoms with Crippen LogP contribution in [0, 0.1) is 11.6 Å². The van der Waals surface area contributed by atoms with Gasteiger partial charge in [-0.1, -0.05) is 32.9 Å². The number of hydrogen-bond acceptors (Lipinski definition) is 5. The molecule has 40 heavy (non-hydrogen) atoms. The van der Waals surface area contributed by atoms with Gasteiger partial charge in [0, 0.05) is 29.9 Å². The lowest BCUT2D eigenvalue weighted by Crippen LogP contribution is -2.42. The number of anilines is 1. The van der Waals surface area contributed by atoms with Crippen molar-refractivity contribution in [2.45, 2.75) is 38.0 Å². The molecular formula is C30H29F2N5O2S. The molecule has 2 aromatic carbocycles. The number of amides is 2. The Bertz CT molecular complexity index is 1530. The fourth-order valence-corrected chi connectivity index (χ4v) is 5.86. The SMILES string of the molecule is CC(C)(C)c1nn(-c2ccc(F)cc2)c2c1C(c1cccc(F)c1)SCC(=O)N2CC(=O)NCc1ccncc1. The molecule has 0 radical (unpaired) electrons. The number of aromatic nitrogens is 3. The van der Waals surface area contributed by atoms with Crippen LogP contribution in [0.4, 0.5) is 14.6 Å². The lowest BCUT2D eigenvalue weighted by Gasteiger charge is -2.24. The van der Waals surface area contributed by atoms with Gasteiger partial charge in [-0.15, -0.1) is 11.8 Å². The molecule has 1 N–H and O–H groups in total. The second kappa shape index (κ2) is 11.2. The molecule has 0 aliphatic carbocycles. The molecule has 7 nitrogen and oxygen atoms in total. The highest BCUT2D eigenvalue weighted by atomic mass is 32.2. The molecule has 1 unspecified atom stereocenters. The van der Waals surface area contributed by atoms with Crippen LogP contribution in [0.3, 0.4) is 0 Å². The second-order valence-corrected chi connectivity index (χ2v) is 11.7. The molecule has 10 heteroatoms. The first-order chi connectivity index (χ1) is 19.1. The summed E-state index contributed by atoms with van der Waals surface area (Å²) in [4.78, 5) is 32.3. The van der Waals surface area contributed by atoms with Crippen LogP contribution >= 0.6 is 11.8 Å². The van der Waals surface area contributed by atoms with Crippen molar-refractivity contribution in [3.8, 4) is 5.69 Å². The molecule has 2 amide bonds. The molecule has 4 aromatic rings. The topological polar surface area (TPSA) is 80.1 Å². The normalized spacial score (nSPS) is 15.5. The summed E-state index contributed by atoms with van der Waals surface area (Å²) in [5.74, 6) is -0.941. The van der Waals surface area contributed by atoms with Crippen molar-refractivity contribution >= 4 is 29.4 Å². The smallest absolute Gasteiger partial charge is 0.240 e. The molecule has 1 aliphatic rings. The monoisotopic (exact) mass is 561 g/mol. The zero-order chi connectivity index (χ0) is 28.4. The second-order valence-electron chi connectivity index (χ2n) is 10.6. The molecule has 0 spiro atoms. The van der Waals surface area contributed by atoms with Crippen molar-refractivity contribution in [1.82, 2.24) is 20.1 Å². The van der Waals surface area contributed by atoms with Gasteiger partial charge in [0.25, 0.3) is 0 Å². The molecule has 1 atom stereocenters. The Morgan fingerprint density at radius 3 is 2.45 bits per heavy atom. The van der Waals surface area contributed by atoms with E-state index in [1.165, 1.54) is 40.9 Å². The fraction of sp³-hybridized carbons (Fsp3) is 0.267. The summed E-state index contributed by atoms with van der Waals surface area (Å²) in [7, 11) is 0. The van der Waals surface area contributed by atoms with Crippen molar-refractivity contribution in [3.05, 3.63) is 107 Å². The van der Waals surface area contributed by atoms with Gasteiger partial charge in [0.15, 0.2) is 0 Å². The number of carbonyl (C=O) groups is 2. The number of hydrogen-bond donors (Lipinski definition) is 1. The standard InChI is InChI=1S/C30H29F2N5O2S/c1-30(2,3)28-26-27(20-5-4-6-22(32)15-20)40-18-25(39)36(17-24(38)34-16-19-11-13-33-14-12-19)29(26)37(35-28)23-9-7-21(31)8-10-23/h4-15,27H,16-18H2,1-3H3,(H,34,38). The molecule has 0 fully saturated rings. The summed E-state index contributed by atoms with van der Waals surface area (Å²) in [6, 6.07) is 15.7. The van der Waals surface area contributed by atoms with E-state index in [0.29, 0.717) is 22.8 Å². The van der Waals surface area contributed by atoms with Crippen LogP contribution in [0.25, 0.3) is 5.69 Å². The Labute approximate surface area is 235 Å². The van der Waals surface area contributed by atoms with Gasteiger partial charge in [-0.2, -0.15) is 5.10 Å². The highest BCUT2D eigenvalue weighted by Gasteiger charge is 2.40. The van der Waals surface area contributed by atoms with Crippen molar-refractivity contribution < 1.29 is 18.4 Å². The highest BCUT2D eigenvalue weighted by Crippen LogP contribution is 2.48. The van der Waals surface area contributed by atoms with Crippen molar-refractivity contribution in [3.63, 3.8) is 0 Å². The Kier molecular flexibility index (Phi) is 7.71. The predicted molar refractivity (Wildman–Crippen MR) is 151 cm³/mol. The minimum Gasteiger partial charge on any atom is -0.350 e. The van der Waals surface area contributed by atoms with Crippen LogP contribution in [0.15, 0.2) is 73.1 Å². The summed E-state index contributed by atoms with van der Waals surface area (Å²) in [5, 5.41) is 7.39. The largest absolute Gasteiger partial charge is 0.350 e. The Balaban J connectivity index is 1.65.